The SMILES string of the molecule is CC.Cc1nc(CC=O)cs1.FN1CCC(c2ccccc2)CC1. The molecule has 1 aromatic heterocycles. The van der Waals surface area contributed by atoms with Crippen LogP contribution in [0, 0.1) is 6.92 Å². The lowest BCUT2D eigenvalue weighted by Crippen LogP contribution is -2.26. The zero-order chi connectivity index (χ0) is 17.8. The van der Waals surface area contributed by atoms with Crippen molar-refractivity contribution in [1.29, 1.82) is 0 Å². The van der Waals surface area contributed by atoms with Crippen LogP contribution >= 0.6 is 11.3 Å². The summed E-state index contributed by atoms with van der Waals surface area (Å²) in [5, 5.41) is 3.84. The predicted octanol–water partition coefficient (Wildman–Crippen LogP) is 4.97. The number of hydrogen-bond acceptors (Lipinski definition) is 4. The molecule has 1 aromatic carbocycles. The molecule has 0 spiro atoms. The summed E-state index contributed by atoms with van der Waals surface area (Å²) in [7, 11) is 0. The number of rotatable bonds is 3. The molecule has 3 nitrogen and oxygen atoms in total. The van der Waals surface area contributed by atoms with Gasteiger partial charge in [0.2, 0.25) is 0 Å². The largest absolute Gasteiger partial charge is 0.303 e. The lowest BCUT2D eigenvalue weighted by atomic mass is 9.90. The molecule has 0 saturated carbocycles. The molecular weight excluding hydrogens is 323 g/mol. The maximum absolute atomic E-state index is 12.7. The summed E-state index contributed by atoms with van der Waals surface area (Å²) < 4.78 is 12.7. The standard InChI is InChI=1S/C11H14FN.C6H7NOS.C2H6/c12-13-8-6-11(7-9-13)10-4-2-1-3-5-10;1-5-7-6(2-3-8)4-9-5;1-2/h1-5,11H,6-9H2;3-4H,2H2,1H3;1-2H3. The van der Waals surface area contributed by atoms with Gasteiger partial charge in [-0.05, 0) is 31.2 Å². The number of thiazole rings is 1. The Balaban J connectivity index is 0.000000230. The van der Waals surface area contributed by atoms with E-state index in [0.29, 0.717) is 25.4 Å². The third-order valence-corrected chi connectivity index (χ3v) is 4.49. The number of benzene rings is 1. The number of aldehydes is 1. The van der Waals surface area contributed by atoms with Gasteiger partial charge in [0.05, 0.1) is 10.7 Å². The maximum atomic E-state index is 12.7. The van der Waals surface area contributed by atoms with Gasteiger partial charge in [-0.1, -0.05) is 44.2 Å². The quantitative estimate of drug-likeness (QED) is 0.579. The van der Waals surface area contributed by atoms with E-state index in [4.69, 9.17) is 0 Å². The van der Waals surface area contributed by atoms with E-state index in [-0.39, 0.29) is 0 Å². The molecule has 24 heavy (non-hydrogen) atoms. The molecule has 1 saturated heterocycles. The molecule has 0 atom stereocenters. The Labute approximate surface area is 148 Å². The topological polar surface area (TPSA) is 33.2 Å². The highest BCUT2D eigenvalue weighted by atomic mass is 32.1. The van der Waals surface area contributed by atoms with Crippen molar-refractivity contribution in [3.63, 3.8) is 0 Å². The van der Waals surface area contributed by atoms with Crippen LogP contribution in [0.2, 0.25) is 0 Å². The second-order valence-corrected chi connectivity index (χ2v) is 6.39. The molecule has 2 heterocycles. The number of carbonyl (C=O) groups is 1. The van der Waals surface area contributed by atoms with Gasteiger partial charge in [-0.15, -0.1) is 20.9 Å². The summed E-state index contributed by atoms with van der Waals surface area (Å²) in [6.45, 7) is 7.10. The molecule has 132 valence electrons. The maximum Gasteiger partial charge on any atom is 0.125 e. The second-order valence-electron chi connectivity index (χ2n) is 5.32. The average molecular weight is 351 g/mol. The summed E-state index contributed by atoms with van der Waals surface area (Å²) >= 11 is 1.57. The van der Waals surface area contributed by atoms with E-state index >= 15 is 0 Å². The number of nitrogens with zero attached hydrogens (tertiary/aromatic N) is 2. The summed E-state index contributed by atoms with van der Waals surface area (Å²) in [5.41, 5.74) is 2.24. The van der Waals surface area contributed by atoms with E-state index in [1.807, 2.05) is 32.2 Å². The number of aromatic nitrogens is 1. The molecule has 1 aliphatic rings. The lowest BCUT2D eigenvalue weighted by molar-refractivity contribution is -0.107. The molecule has 0 radical (unpaired) electrons. The third-order valence-electron chi connectivity index (χ3n) is 3.67. The van der Waals surface area contributed by atoms with Gasteiger partial charge in [-0.3, -0.25) is 0 Å². The zero-order valence-corrected chi connectivity index (χ0v) is 15.6. The van der Waals surface area contributed by atoms with Crippen molar-refractivity contribution < 1.29 is 9.28 Å². The van der Waals surface area contributed by atoms with E-state index in [2.05, 4.69) is 29.2 Å². The van der Waals surface area contributed by atoms with Gasteiger partial charge in [0.25, 0.3) is 0 Å². The van der Waals surface area contributed by atoms with Crippen LogP contribution < -0.4 is 0 Å². The Kier molecular flexibility index (Phi) is 10.1. The highest BCUT2D eigenvalue weighted by Gasteiger charge is 2.19. The monoisotopic (exact) mass is 350 g/mol. The van der Waals surface area contributed by atoms with Crippen LogP contribution in [0.4, 0.5) is 4.48 Å². The van der Waals surface area contributed by atoms with Crippen LogP contribution in [0.25, 0.3) is 0 Å². The Morgan fingerprint density at radius 1 is 1.25 bits per heavy atom. The van der Waals surface area contributed by atoms with E-state index in [1.165, 1.54) is 5.56 Å². The third kappa shape index (κ3) is 7.32. The predicted molar refractivity (Wildman–Crippen MR) is 99.1 cm³/mol. The van der Waals surface area contributed by atoms with Crippen LogP contribution in [0.3, 0.4) is 0 Å². The van der Waals surface area contributed by atoms with Gasteiger partial charge < -0.3 is 4.79 Å². The Morgan fingerprint density at radius 2 is 1.88 bits per heavy atom. The zero-order valence-electron chi connectivity index (χ0n) is 14.7. The highest BCUT2D eigenvalue weighted by Crippen LogP contribution is 2.27. The molecule has 0 N–H and O–H groups in total. The summed E-state index contributed by atoms with van der Waals surface area (Å²) in [6.07, 6.45) is 3.21. The number of carbonyl (C=O) groups excluding carboxylic acids is 1. The number of piperidine rings is 1. The van der Waals surface area contributed by atoms with E-state index < -0.39 is 0 Å². The number of hydrogen-bond donors (Lipinski definition) is 0. The Hall–Kier alpha value is -1.59. The summed E-state index contributed by atoms with van der Waals surface area (Å²) in [6, 6.07) is 10.4. The number of aryl methyl sites for hydroxylation is 1. The van der Waals surface area contributed by atoms with Crippen LogP contribution in [0.15, 0.2) is 35.7 Å². The van der Waals surface area contributed by atoms with E-state index in [1.54, 1.807) is 11.3 Å². The fourth-order valence-electron chi connectivity index (χ4n) is 2.49. The molecule has 0 aliphatic carbocycles. The Bertz CT molecular complexity index is 566. The first-order chi connectivity index (χ1) is 11.7. The molecule has 2 aromatic rings. The fraction of sp³-hybridized carbons (Fsp3) is 0.474. The van der Waals surface area contributed by atoms with Gasteiger partial charge in [-0.2, -0.15) is 0 Å². The van der Waals surface area contributed by atoms with Crippen molar-refractivity contribution in [2.24, 2.45) is 0 Å². The minimum atomic E-state index is 0.449. The van der Waals surface area contributed by atoms with Crippen LogP contribution in [0.1, 0.15) is 48.9 Å². The average Bonchev–Trinajstić information content (AvgIpc) is 3.04. The molecule has 1 fully saturated rings. The first kappa shape index (κ1) is 20.5. The van der Waals surface area contributed by atoms with Crippen molar-refractivity contribution >= 4 is 17.6 Å². The minimum Gasteiger partial charge on any atom is -0.303 e. The molecule has 3 rings (SSSR count). The van der Waals surface area contributed by atoms with Gasteiger partial charge >= 0.3 is 0 Å². The van der Waals surface area contributed by atoms with Crippen molar-refractivity contribution in [2.75, 3.05) is 13.1 Å². The second kappa shape index (κ2) is 11.9. The molecule has 1 aliphatic heterocycles. The minimum absolute atomic E-state index is 0.449. The van der Waals surface area contributed by atoms with Crippen molar-refractivity contribution in [2.45, 2.75) is 46.0 Å². The van der Waals surface area contributed by atoms with Gasteiger partial charge in [-0.25, -0.2) is 4.98 Å². The van der Waals surface area contributed by atoms with Gasteiger partial charge in [0, 0.05) is 24.9 Å². The Morgan fingerprint density at radius 3 is 2.38 bits per heavy atom. The first-order valence-corrected chi connectivity index (χ1v) is 9.37. The fourth-order valence-corrected chi connectivity index (χ4v) is 3.12. The van der Waals surface area contributed by atoms with Gasteiger partial charge in [0.1, 0.15) is 6.29 Å². The molecular formula is C19H27FN2OS. The summed E-state index contributed by atoms with van der Waals surface area (Å²) in [4.78, 5) is 14.0. The smallest absolute Gasteiger partial charge is 0.125 e. The van der Waals surface area contributed by atoms with Crippen molar-refractivity contribution in [3.05, 3.63) is 52.0 Å². The summed E-state index contributed by atoms with van der Waals surface area (Å²) in [5.74, 6) is 0.563. The van der Waals surface area contributed by atoms with E-state index in [0.717, 1.165) is 35.0 Å². The number of halogens is 1. The van der Waals surface area contributed by atoms with Crippen LogP contribution in [-0.4, -0.2) is 29.5 Å². The molecule has 0 unspecified atom stereocenters. The molecule has 0 bridgehead atoms. The molecule has 0 amide bonds. The van der Waals surface area contributed by atoms with Crippen molar-refractivity contribution in [3.8, 4) is 0 Å². The van der Waals surface area contributed by atoms with Crippen LogP contribution in [-0.2, 0) is 11.2 Å². The van der Waals surface area contributed by atoms with Gasteiger partial charge in [0.15, 0.2) is 0 Å². The van der Waals surface area contributed by atoms with E-state index in [9.17, 15) is 9.28 Å². The molecule has 5 heteroatoms. The first-order valence-electron chi connectivity index (χ1n) is 8.49. The van der Waals surface area contributed by atoms with Crippen molar-refractivity contribution in [1.82, 2.24) is 10.1 Å². The lowest BCUT2D eigenvalue weighted by Gasteiger charge is -2.25. The normalized spacial score (nSPS) is 14.8. The highest BCUT2D eigenvalue weighted by molar-refractivity contribution is 7.09. The van der Waals surface area contributed by atoms with Crippen LogP contribution in [0.5, 0.6) is 0 Å².